The molecule has 10 heteroatoms. The minimum Gasteiger partial charge on any atom is -0.326 e. The lowest BCUT2D eigenvalue weighted by Crippen LogP contribution is -2.27. The van der Waals surface area contributed by atoms with E-state index in [-0.39, 0.29) is 11.3 Å². The average molecular weight is 544 g/mol. The SMILES string of the molecule is CN(C(=O)c1cc(NC(=O)C2C(c3ccc(Cl)c(Cl)c3)C2(Cl)Cl)ccc1F)c1ccc(F)cc1. The Kier molecular flexibility index (Phi) is 6.80. The molecule has 0 spiro atoms. The maximum atomic E-state index is 14.5. The van der Waals surface area contributed by atoms with Gasteiger partial charge in [0.25, 0.3) is 5.91 Å². The molecule has 2 atom stereocenters. The van der Waals surface area contributed by atoms with Gasteiger partial charge >= 0.3 is 0 Å². The Morgan fingerprint density at radius 1 is 0.941 bits per heavy atom. The van der Waals surface area contributed by atoms with Crippen LogP contribution in [-0.2, 0) is 4.79 Å². The molecule has 2 amide bonds. The summed E-state index contributed by atoms with van der Waals surface area (Å²) in [6.45, 7) is 0. The van der Waals surface area contributed by atoms with E-state index in [4.69, 9.17) is 46.4 Å². The van der Waals surface area contributed by atoms with Gasteiger partial charge in [-0.05, 0) is 60.2 Å². The van der Waals surface area contributed by atoms with Crippen LogP contribution < -0.4 is 10.2 Å². The Balaban J connectivity index is 1.53. The number of amides is 2. The second-order valence-electron chi connectivity index (χ2n) is 7.83. The first kappa shape index (κ1) is 24.7. The number of nitrogens with one attached hydrogen (secondary N) is 1. The van der Waals surface area contributed by atoms with Gasteiger partial charge in [-0.3, -0.25) is 9.59 Å². The van der Waals surface area contributed by atoms with Crippen molar-refractivity contribution in [1.82, 2.24) is 0 Å². The first-order chi connectivity index (χ1) is 16.0. The number of halogens is 6. The third kappa shape index (κ3) is 4.73. The van der Waals surface area contributed by atoms with Gasteiger partial charge in [0.2, 0.25) is 5.91 Å². The standard InChI is InChI=1S/C24H16Cl4F2N2O2/c1-32(15-6-3-13(29)4-7-15)23(34)16-11-14(5-9-19(16)30)31-22(33)21-20(24(21,27)28)12-2-8-17(25)18(26)10-12/h2-11,20-21H,1H3,(H,31,33). The van der Waals surface area contributed by atoms with Crippen molar-refractivity contribution in [3.05, 3.63) is 93.5 Å². The Morgan fingerprint density at radius 2 is 1.62 bits per heavy atom. The largest absolute Gasteiger partial charge is 0.326 e. The van der Waals surface area contributed by atoms with Crippen molar-refractivity contribution in [3.8, 4) is 0 Å². The van der Waals surface area contributed by atoms with Crippen LogP contribution in [0.25, 0.3) is 0 Å². The summed E-state index contributed by atoms with van der Waals surface area (Å²) < 4.78 is 26.3. The van der Waals surface area contributed by atoms with E-state index in [1.807, 2.05) is 0 Å². The quantitative estimate of drug-likeness (QED) is 0.350. The Hall–Kier alpha value is -2.38. The fourth-order valence-electron chi connectivity index (χ4n) is 3.72. The predicted molar refractivity (Wildman–Crippen MR) is 131 cm³/mol. The smallest absolute Gasteiger partial charge is 0.261 e. The molecule has 1 aliphatic rings. The van der Waals surface area contributed by atoms with Crippen LogP contribution in [0.5, 0.6) is 0 Å². The molecule has 0 bridgehead atoms. The summed E-state index contributed by atoms with van der Waals surface area (Å²) in [7, 11) is 1.43. The molecule has 0 saturated heterocycles. The molecule has 1 N–H and O–H groups in total. The number of rotatable bonds is 5. The van der Waals surface area contributed by atoms with Gasteiger partial charge in [0.05, 0.1) is 21.5 Å². The Bertz CT molecular complexity index is 1280. The second-order valence-corrected chi connectivity index (χ2v) is 10.1. The normalized spacial score (nSPS) is 18.3. The zero-order valence-electron chi connectivity index (χ0n) is 17.5. The minimum absolute atomic E-state index is 0.186. The minimum atomic E-state index is -1.37. The lowest BCUT2D eigenvalue weighted by Gasteiger charge is -2.18. The average Bonchev–Trinajstić information content (AvgIpc) is 3.38. The molecule has 0 radical (unpaired) electrons. The number of alkyl halides is 2. The molecular formula is C24H16Cl4F2N2O2. The van der Waals surface area contributed by atoms with Crippen LogP contribution in [0.3, 0.4) is 0 Å². The fourth-order valence-corrected chi connectivity index (χ4v) is 4.86. The van der Waals surface area contributed by atoms with Crippen molar-refractivity contribution in [2.75, 3.05) is 17.3 Å². The zero-order valence-corrected chi connectivity index (χ0v) is 20.5. The fraction of sp³-hybridized carbons (Fsp3) is 0.167. The van der Waals surface area contributed by atoms with Gasteiger partial charge in [0.15, 0.2) is 0 Å². The van der Waals surface area contributed by atoms with Gasteiger partial charge in [-0.1, -0.05) is 29.3 Å². The predicted octanol–water partition coefficient (Wildman–Crippen LogP) is 7.07. The summed E-state index contributed by atoms with van der Waals surface area (Å²) in [5.74, 6) is -3.76. The van der Waals surface area contributed by atoms with Crippen LogP contribution in [-0.4, -0.2) is 23.2 Å². The van der Waals surface area contributed by atoms with Crippen LogP contribution in [0.15, 0.2) is 60.7 Å². The van der Waals surface area contributed by atoms with Crippen molar-refractivity contribution in [2.45, 2.75) is 10.3 Å². The highest BCUT2D eigenvalue weighted by Crippen LogP contribution is 2.65. The summed E-state index contributed by atoms with van der Waals surface area (Å²) in [5.41, 5.74) is 0.933. The van der Waals surface area contributed by atoms with Gasteiger partial charge in [0.1, 0.15) is 16.0 Å². The lowest BCUT2D eigenvalue weighted by molar-refractivity contribution is -0.117. The van der Waals surface area contributed by atoms with Gasteiger partial charge in [0, 0.05) is 24.3 Å². The molecule has 3 aromatic carbocycles. The lowest BCUT2D eigenvalue weighted by atomic mass is 10.1. The van der Waals surface area contributed by atoms with E-state index in [0.29, 0.717) is 21.3 Å². The summed E-state index contributed by atoms with van der Waals surface area (Å²) in [4.78, 5) is 26.9. The number of carbonyl (C=O) groups is 2. The molecule has 4 rings (SSSR count). The summed E-state index contributed by atoms with van der Waals surface area (Å²) in [6, 6.07) is 13.7. The highest BCUT2D eigenvalue weighted by atomic mass is 35.5. The van der Waals surface area contributed by atoms with Crippen molar-refractivity contribution < 1.29 is 18.4 Å². The molecule has 1 aliphatic carbocycles. The maximum Gasteiger partial charge on any atom is 0.261 e. The number of hydrogen-bond acceptors (Lipinski definition) is 2. The number of hydrogen-bond donors (Lipinski definition) is 1. The number of nitrogens with zero attached hydrogens (tertiary/aromatic N) is 1. The molecule has 0 aromatic heterocycles. The van der Waals surface area contributed by atoms with E-state index in [1.165, 1.54) is 48.3 Å². The first-order valence-corrected chi connectivity index (χ1v) is 11.5. The van der Waals surface area contributed by atoms with E-state index in [1.54, 1.807) is 18.2 Å². The van der Waals surface area contributed by atoms with Gasteiger partial charge in [-0.2, -0.15) is 0 Å². The molecule has 1 saturated carbocycles. The molecule has 176 valence electrons. The Labute approximate surface area is 214 Å². The molecule has 3 aromatic rings. The summed E-state index contributed by atoms with van der Waals surface area (Å²) in [6.07, 6.45) is 0. The number of benzene rings is 3. The number of carbonyl (C=O) groups excluding carboxylic acids is 2. The van der Waals surface area contributed by atoms with E-state index in [0.717, 1.165) is 6.07 Å². The molecule has 34 heavy (non-hydrogen) atoms. The topological polar surface area (TPSA) is 49.4 Å². The van der Waals surface area contributed by atoms with Crippen LogP contribution in [0.4, 0.5) is 20.2 Å². The van der Waals surface area contributed by atoms with Crippen LogP contribution in [0.1, 0.15) is 21.8 Å². The van der Waals surface area contributed by atoms with Crippen LogP contribution >= 0.6 is 46.4 Å². The molecule has 1 fully saturated rings. The molecule has 0 aliphatic heterocycles. The first-order valence-electron chi connectivity index (χ1n) is 9.97. The van der Waals surface area contributed by atoms with E-state index in [2.05, 4.69) is 5.32 Å². The third-order valence-electron chi connectivity index (χ3n) is 5.62. The van der Waals surface area contributed by atoms with E-state index in [9.17, 15) is 18.4 Å². The van der Waals surface area contributed by atoms with Gasteiger partial charge in [-0.25, -0.2) is 8.78 Å². The molecule has 0 heterocycles. The van der Waals surface area contributed by atoms with E-state index >= 15 is 0 Å². The second kappa shape index (κ2) is 9.34. The van der Waals surface area contributed by atoms with Crippen LogP contribution in [0, 0.1) is 17.6 Å². The highest BCUT2D eigenvalue weighted by Gasteiger charge is 2.67. The molecular weight excluding hydrogens is 528 g/mol. The molecule has 4 nitrogen and oxygen atoms in total. The Morgan fingerprint density at radius 3 is 2.26 bits per heavy atom. The van der Waals surface area contributed by atoms with Gasteiger partial charge < -0.3 is 10.2 Å². The van der Waals surface area contributed by atoms with Crippen molar-refractivity contribution in [2.24, 2.45) is 5.92 Å². The summed E-state index contributed by atoms with van der Waals surface area (Å²) in [5, 5.41) is 3.30. The van der Waals surface area contributed by atoms with Crippen molar-refractivity contribution in [1.29, 1.82) is 0 Å². The third-order valence-corrected chi connectivity index (χ3v) is 7.30. The van der Waals surface area contributed by atoms with Crippen LogP contribution in [0.2, 0.25) is 10.0 Å². The van der Waals surface area contributed by atoms with Crippen molar-refractivity contribution in [3.63, 3.8) is 0 Å². The monoisotopic (exact) mass is 542 g/mol. The van der Waals surface area contributed by atoms with Gasteiger partial charge in [-0.15, -0.1) is 23.2 Å². The van der Waals surface area contributed by atoms with Crippen molar-refractivity contribution >= 4 is 69.6 Å². The van der Waals surface area contributed by atoms with E-state index < -0.39 is 39.6 Å². The zero-order chi connectivity index (χ0) is 24.8. The maximum absolute atomic E-state index is 14.5. The summed E-state index contributed by atoms with van der Waals surface area (Å²) >= 11 is 24.8. The molecule has 2 unspecified atom stereocenters. The highest BCUT2D eigenvalue weighted by molar-refractivity contribution is 6.53. The number of anilines is 2.